The number of nitrogens with zero attached hydrogens (tertiary/aromatic N) is 2. The largest absolute Gasteiger partial charge is 0.492 e. The van der Waals surface area contributed by atoms with Crippen molar-refractivity contribution in [2.45, 2.75) is 39.2 Å². The first-order chi connectivity index (χ1) is 18.3. The summed E-state index contributed by atoms with van der Waals surface area (Å²) in [5, 5.41) is 11.9. The van der Waals surface area contributed by atoms with Gasteiger partial charge in [0, 0.05) is 18.9 Å². The molecule has 0 spiro atoms. The molecule has 0 aliphatic rings. The number of hydrogen-bond donors (Lipinski definition) is 2. The smallest absolute Gasteiger partial charge is 0.416 e. The van der Waals surface area contributed by atoms with E-state index in [-0.39, 0.29) is 36.8 Å². The average molecular weight is 548 g/mol. The van der Waals surface area contributed by atoms with E-state index in [1.807, 2.05) is 0 Å². The Morgan fingerprint density at radius 2 is 1.77 bits per heavy atom. The lowest BCUT2D eigenvalue weighted by molar-refractivity contribution is -0.152. The topological polar surface area (TPSA) is 120 Å². The van der Waals surface area contributed by atoms with Crippen LogP contribution in [0.15, 0.2) is 48.7 Å². The Morgan fingerprint density at radius 1 is 1.08 bits per heavy atom. The molecule has 1 heterocycles. The molecule has 9 nitrogen and oxygen atoms in total. The summed E-state index contributed by atoms with van der Waals surface area (Å²) in [5.41, 5.74) is -0.705. The van der Waals surface area contributed by atoms with E-state index in [9.17, 15) is 27.9 Å². The Kier molecular flexibility index (Phi) is 9.12. The highest BCUT2D eigenvalue weighted by Gasteiger charge is 2.31. The predicted molar refractivity (Wildman–Crippen MR) is 135 cm³/mol. The van der Waals surface area contributed by atoms with Crippen molar-refractivity contribution in [3.63, 3.8) is 0 Å². The number of aryl methyl sites for hydroxylation is 1. The van der Waals surface area contributed by atoms with Gasteiger partial charge in [-0.15, -0.1) is 0 Å². The van der Waals surface area contributed by atoms with Crippen molar-refractivity contribution in [2.75, 3.05) is 20.3 Å². The number of rotatable bonds is 11. The molecule has 0 fully saturated rings. The molecular formula is C27H28F3N3O6. The van der Waals surface area contributed by atoms with Gasteiger partial charge in [-0.25, -0.2) is 14.8 Å². The lowest BCUT2D eigenvalue weighted by atomic mass is 10.1. The number of benzene rings is 2. The van der Waals surface area contributed by atoms with Gasteiger partial charge in [0.2, 0.25) is 0 Å². The molecule has 0 radical (unpaired) electrons. The van der Waals surface area contributed by atoms with Crippen molar-refractivity contribution in [1.29, 1.82) is 0 Å². The van der Waals surface area contributed by atoms with Crippen molar-refractivity contribution in [3.05, 3.63) is 71.0 Å². The Hall–Kier alpha value is -4.19. The molecule has 3 rings (SSSR count). The Bertz CT molecular complexity index is 1330. The standard InChI is InChI=1S/C27H28F3N3O6/c1-16-13-19(9-10-22(16)39-26(2,3)25(35)36)38-12-11-31-24(34)20-14-32-23(33-21(20)15-37-4)17-5-7-18(8-6-17)27(28,29)30/h5-10,13-14H,11-12,15H2,1-4H3,(H,31,34)(H,35,36). The van der Waals surface area contributed by atoms with Gasteiger partial charge in [-0.3, -0.25) is 4.79 Å². The predicted octanol–water partition coefficient (Wildman–Crippen LogP) is 4.67. The summed E-state index contributed by atoms with van der Waals surface area (Å²) in [6.45, 7) is 4.93. The van der Waals surface area contributed by atoms with Gasteiger partial charge in [0.1, 0.15) is 18.1 Å². The third-order valence-corrected chi connectivity index (χ3v) is 5.55. The summed E-state index contributed by atoms with van der Waals surface area (Å²) in [7, 11) is 1.43. The zero-order chi connectivity index (χ0) is 28.8. The van der Waals surface area contributed by atoms with Gasteiger partial charge < -0.3 is 24.6 Å². The van der Waals surface area contributed by atoms with Crippen LogP contribution in [0.25, 0.3) is 11.4 Å². The highest BCUT2D eigenvalue weighted by atomic mass is 19.4. The number of carboxylic acid groups (broad SMARTS) is 1. The van der Waals surface area contributed by atoms with Gasteiger partial charge in [0.15, 0.2) is 11.4 Å². The highest BCUT2D eigenvalue weighted by molar-refractivity contribution is 5.95. The highest BCUT2D eigenvalue weighted by Crippen LogP contribution is 2.30. The van der Waals surface area contributed by atoms with Gasteiger partial charge in [0.25, 0.3) is 5.91 Å². The summed E-state index contributed by atoms with van der Waals surface area (Å²) < 4.78 is 54.9. The molecule has 1 amide bonds. The second-order valence-electron chi connectivity index (χ2n) is 9.01. The SMILES string of the molecule is COCc1nc(-c2ccc(C(F)(F)F)cc2)ncc1C(=O)NCCOc1ccc(OC(C)(C)C(=O)O)c(C)c1. The average Bonchev–Trinajstić information content (AvgIpc) is 2.87. The maximum atomic E-state index is 12.8. The van der Waals surface area contributed by atoms with E-state index < -0.39 is 29.2 Å². The van der Waals surface area contributed by atoms with Crippen LogP contribution >= 0.6 is 0 Å². The number of aliphatic carboxylic acids is 1. The van der Waals surface area contributed by atoms with Gasteiger partial charge in [-0.2, -0.15) is 13.2 Å². The minimum absolute atomic E-state index is 0.0121. The number of halogens is 3. The molecule has 1 aromatic heterocycles. The molecule has 0 unspecified atom stereocenters. The maximum Gasteiger partial charge on any atom is 0.416 e. The summed E-state index contributed by atoms with van der Waals surface area (Å²) in [5.74, 6) is -0.489. The molecule has 0 aliphatic carbocycles. The van der Waals surface area contributed by atoms with Crippen molar-refractivity contribution in [1.82, 2.24) is 15.3 Å². The van der Waals surface area contributed by atoms with Crippen LogP contribution in [-0.4, -0.2) is 52.8 Å². The summed E-state index contributed by atoms with van der Waals surface area (Å²) in [4.78, 5) is 32.5. The third-order valence-electron chi connectivity index (χ3n) is 5.55. The second kappa shape index (κ2) is 12.1. The molecule has 3 aromatic rings. The molecule has 12 heteroatoms. The van der Waals surface area contributed by atoms with Crippen LogP contribution < -0.4 is 14.8 Å². The Morgan fingerprint density at radius 3 is 2.36 bits per heavy atom. The first-order valence-electron chi connectivity index (χ1n) is 11.8. The van der Waals surface area contributed by atoms with Gasteiger partial charge in [-0.1, -0.05) is 12.1 Å². The molecule has 2 N–H and O–H groups in total. The molecule has 2 aromatic carbocycles. The quantitative estimate of drug-likeness (QED) is 0.333. The number of ether oxygens (including phenoxy) is 3. The Balaban J connectivity index is 1.61. The van der Waals surface area contributed by atoms with Gasteiger partial charge >= 0.3 is 12.1 Å². The van der Waals surface area contributed by atoms with E-state index in [4.69, 9.17) is 14.2 Å². The van der Waals surface area contributed by atoms with Crippen LogP contribution in [-0.2, 0) is 22.3 Å². The number of amides is 1. The number of nitrogens with one attached hydrogen (secondary N) is 1. The number of aromatic nitrogens is 2. The molecule has 0 bridgehead atoms. The fraction of sp³-hybridized carbons (Fsp3) is 0.333. The molecule has 39 heavy (non-hydrogen) atoms. The fourth-order valence-corrected chi connectivity index (χ4v) is 3.37. The zero-order valence-corrected chi connectivity index (χ0v) is 21.8. The number of carboxylic acids is 1. The van der Waals surface area contributed by atoms with E-state index in [1.165, 1.54) is 39.3 Å². The summed E-state index contributed by atoms with van der Waals surface area (Å²) in [6.07, 6.45) is -3.16. The second-order valence-corrected chi connectivity index (χ2v) is 9.01. The molecule has 0 saturated heterocycles. The van der Waals surface area contributed by atoms with E-state index in [0.717, 1.165) is 12.1 Å². The number of carbonyl (C=O) groups excluding carboxylic acids is 1. The Labute approximate surface area is 223 Å². The first-order valence-corrected chi connectivity index (χ1v) is 11.8. The van der Waals surface area contributed by atoms with Crippen LogP contribution in [0.3, 0.4) is 0 Å². The molecular weight excluding hydrogens is 519 g/mol. The maximum absolute atomic E-state index is 12.8. The van der Waals surface area contributed by atoms with Crippen LogP contribution in [0.2, 0.25) is 0 Å². The van der Waals surface area contributed by atoms with Crippen molar-refractivity contribution < 1.29 is 42.1 Å². The van der Waals surface area contributed by atoms with Crippen LogP contribution in [0.4, 0.5) is 13.2 Å². The van der Waals surface area contributed by atoms with Crippen LogP contribution in [0.1, 0.15) is 41.0 Å². The third kappa shape index (κ3) is 7.66. The van der Waals surface area contributed by atoms with E-state index in [0.29, 0.717) is 22.6 Å². The summed E-state index contributed by atoms with van der Waals surface area (Å²) >= 11 is 0. The van der Waals surface area contributed by atoms with Crippen molar-refractivity contribution >= 4 is 11.9 Å². The van der Waals surface area contributed by atoms with E-state index >= 15 is 0 Å². The number of alkyl halides is 3. The molecule has 0 aliphatic heterocycles. The lowest BCUT2D eigenvalue weighted by Gasteiger charge is -2.23. The van der Waals surface area contributed by atoms with E-state index in [1.54, 1.807) is 25.1 Å². The zero-order valence-electron chi connectivity index (χ0n) is 21.8. The molecule has 208 valence electrons. The number of carbonyl (C=O) groups is 2. The van der Waals surface area contributed by atoms with Gasteiger partial charge in [0.05, 0.1) is 30.0 Å². The normalized spacial score (nSPS) is 11.7. The monoisotopic (exact) mass is 547 g/mol. The van der Waals surface area contributed by atoms with Gasteiger partial charge in [-0.05, 0) is 56.7 Å². The molecule has 0 saturated carbocycles. The number of hydrogen-bond acceptors (Lipinski definition) is 7. The minimum Gasteiger partial charge on any atom is -0.492 e. The van der Waals surface area contributed by atoms with Crippen LogP contribution in [0, 0.1) is 6.92 Å². The first kappa shape index (κ1) is 29.4. The fourth-order valence-electron chi connectivity index (χ4n) is 3.37. The summed E-state index contributed by atoms with van der Waals surface area (Å²) in [6, 6.07) is 9.34. The number of methoxy groups -OCH3 is 1. The lowest BCUT2D eigenvalue weighted by Crippen LogP contribution is -2.38. The minimum atomic E-state index is -4.46. The van der Waals surface area contributed by atoms with Crippen LogP contribution in [0.5, 0.6) is 11.5 Å². The molecule has 0 atom stereocenters. The van der Waals surface area contributed by atoms with E-state index in [2.05, 4.69) is 15.3 Å². The van der Waals surface area contributed by atoms with Crippen molar-refractivity contribution in [2.24, 2.45) is 0 Å². The van der Waals surface area contributed by atoms with Crippen molar-refractivity contribution in [3.8, 4) is 22.9 Å².